The number of ether oxygens (including phenoxy) is 3. The monoisotopic (exact) mass is 355 g/mol. The predicted octanol–water partition coefficient (Wildman–Crippen LogP) is 3.96. The molecular weight excluding hydrogens is 337 g/mol. The van der Waals surface area contributed by atoms with Crippen LogP contribution in [0.4, 0.5) is 0 Å². The molecule has 0 heterocycles. The Hall–Kier alpha value is -1.62. The largest absolute Gasteiger partial charge is 0.493 e. The molecule has 0 aliphatic rings. The van der Waals surface area contributed by atoms with Crippen LogP contribution in [0.5, 0.6) is 17.2 Å². The van der Waals surface area contributed by atoms with Crippen LogP contribution in [0.1, 0.15) is 5.56 Å². The number of methoxy groups -OCH3 is 1. The summed E-state index contributed by atoms with van der Waals surface area (Å²) in [7, 11) is 1.58. The summed E-state index contributed by atoms with van der Waals surface area (Å²) in [5, 5.41) is 1.17. The second kappa shape index (κ2) is 8.87. The minimum atomic E-state index is 0.342. The standard InChI is InChI=1S/C17H19Cl2NO3/c1-21-16-11-12(6-7-20)10-15(19)17(16)23-9-8-22-14-4-2-13(18)3-5-14/h2-5,10-11H,6-9,20H2,1H3. The minimum absolute atomic E-state index is 0.342. The topological polar surface area (TPSA) is 53.7 Å². The van der Waals surface area contributed by atoms with Gasteiger partial charge in [-0.25, -0.2) is 0 Å². The number of halogens is 2. The molecule has 0 saturated heterocycles. The van der Waals surface area contributed by atoms with E-state index in [0.717, 1.165) is 17.7 Å². The van der Waals surface area contributed by atoms with Crippen LogP contribution in [0, 0.1) is 0 Å². The molecule has 4 nitrogen and oxygen atoms in total. The number of hydrogen-bond donors (Lipinski definition) is 1. The molecule has 0 spiro atoms. The molecule has 0 saturated carbocycles. The summed E-state index contributed by atoms with van der Waals surface area (Å²) in [4.78, 5) is 0. The summed E-state index contributed by atoms with van der Waals surface area (Å²) < 4.78 is 16.6. The Morgan fingerprint density at radius 1 is 1.00 bits per heavy atom. The Balaban J connectivity index is 1.93. The highest BCUT2D eigenvalue weighted by Crippen LogP contribution is 2.36. The van der Waals surface area contributed by atoms with Gasteiger partial charge in [-0.05, 0) is 54.9 Å². The zero-order chi connectivity index (χ0) is 16.7. The fourth-order valence-corrected chi connectivity index (χ4v) is 2.47. The van der Waals surface area contributed by atoms with Gasteiger partial charge in [0.15, 0.2) is 11.5 Å². The Morgan fingerprint density at radius 3 is 2.35 bits per heavy atom. The summed E-state index contributed by atoms with van der Waals surface area (Å²) in [6.07, 6.45) is 0.732. The molecule has 2 aromatic carbocycles. The van der Waals surface area contributed by atoms with Gasteiger partial charge >= 0.3 is 0 Å². The summed E-state index contributed by atoms with van der Waals surface area (Å²) >= 11 is 12.1. The maximum Gasteiger partial charge on any atom is 0.179 e. The van der Waals surface area contributed by atoms with Crippen molar-refractivity contribution in [3.8, 4) is 17.2 Å². The Bertz CT molecular complexity index is 632. The molecule has 6 heteroatoms. The third-order valence-corrected chi connectivity index (χ3v) is 3.67. The summed E-state index contributed by atoms with van der Waals surface area (Å²) in [5.74, 6) is 1.83. The van der Waals surface area contributed by atoms with Crippen LogP contribution in [-0.2, 0) is 6.42 Å². The molecule has 0 aliphatic heterocycles. The van der Waals surface area contributed by atoms with Gasteiger partial charge < -0.3 is 19.9 Å². The summed E-state index contributed by atoms with van der Waals surface area (Å²) in [6, 6.07) is 10.9. The highest BCUT2D eigenvalue weighted by Gasteiger charge is 2.12. The van der Waals surface area contributed by atoms with Crippen LogP contribution in [0.25, 0.3) is 0 Å². The van der Waals surface area contributed by atoms with Gasteiger partial charge in [0.25, 0.3) is 0 Å². The summed E-state index contributed by atoms with van der Waals surface area (Å²) in [5.41, 5.74) is 6.58. The minimum Gasteiger partial charge on any atom is -0.493 e. The lowest BCUT2D eigenvalue weighted by atomic mass is 10.1. The number of rotatable bonds is 8. The highest BCUT2D eigenvalue weighted by molar-refractivity contribution is 6.32. The number of hydrogen-bond acceptors (Lipinski definition) is 4. The maximum absolute atomic E-state index is 6.26. The molecule has 0 amide bonds. The maximum atomic E-state index is 6.26. The van der Waals surface area contributed by atoms with E-state index in [9.17, 15) is 0 Å². The van der Waals surface area contributed by atoms with E-state index in [4.69, 9.17) is 43.1 Å². The van der Waals surface area contributed by atoms with E-state index < -0.39 is 0 Å². The Labute approximate surface area is 146 Å². The third-order valence-electron chi connectivity index (χ3n) is 3.13. The van der Waals surface area contributed by atoms with Crippen molar-refractivity contribution in [2.75, 3.05) is 26.9 Å². The number of benzene rings is 2. The smallest absolute Gasteiger partial charge is 0.179 e. The van der Waals surface area contributed by atoms with Crippen molar-refractivity contribution in [2.45, 2.75) is 6.42 Å². The van der Waals surface area contributed by atoms with Gasteiger partial charge in [-0.15, -0.1) is 0 Å². The van der Waals surface area contributed by atoms with Crippen molar-refractivity contribution in [3.05, 3.63) is 52.0 Å². The fourth-order valence-electron chi connectivity index (χ4n) is 2.06. The molecule has 2 aromatic rings. The van der Waals surface area contributed by atoms with Gasteiger partial charge in [-0.1, -0.05) is 23.2 Å². The summed E-state index contributed by atoms with van der Waals surface area (Å²) in [6.45, 7) is 1.27. The van der Waals surface area contributed by atoms with E-state index in [2.05, 4.69) is 0 Å². The molecule has 0 unspecified atom stereocenters. The van der Waals surface area contributed by atoms with Crippen molar-refractivity contribution in [1.29, 1.82) is 0 Å². The molecule has 2 N–H and O–H groups in total. The highest BCUT2D eigenvalue weighted by atomic mass is 35.5. The molecule has 0 radical (unpaired) electrons. The molecule has 0 aromatic heterocycles. The van der Waals surface area contributed by atoms with Crippen LogP contribution in [0.3, 0.4) is 0 Å². The van der Waals surface area contributed by atoms with E-state index in [1.54, 1.807) is 31.4 Å². The van der Waals surface area contributed by atoms with Crippen LogP contribution >= 0.6 is 23.2 Å². The van der Waals surface area contributed by atoms with Gasteiger partial charge in [0.05, 0.1) is 12.1 Å². The van der Waals surface area contributed by atoms with E-state index in [-0.39, 0.29) is 0 Å². The molecule has 0 fully saturated rings. The van der Waals surface area contributed by atoms with Gasteiger partial charge in [-0.3, -0.25) is 0 Å². The second-order valence-electron chi connectivity index (χ2n) is 4.80. The lowest BCUT2D eigenvalue weighted by molar-refractivity contribution is 0.211. The van der Waals surface area contributed by atoms with Crippen molar-refractivity contribution in [2.24, 2.45) is 5.73 Å². The van der Waals surface area contributed by atoms with Crippen LogP contribution in [0.2, 0.25) is 10.0 Å². The van der Waals surface area contributed by atoms with Crippen LogP contribution in [0.15, 0.2) is 36.4 Å². The first-order valence-electron chi connectivity index (χ1n) is 7.21. The quantitative estimate of drug-likeness (QED) is 0.728. The van der Waals surface area contributed by atoms with E-state index in [1.165, 1.54) is 0 Å². The molecular formula is C17H19Cl2NO3. The molecule has 0 bridgehead atoms. The lowest BCUT2D eigenvalue weighted by Crippen LogP contribution is -2.10. The first kappa shape index (κ1) is 17.7. The van der Waals surface area contributed by atoms with Crippen molar-refractivity contribution >= 4 is 23.2 Å². The fraction of sp³-hybridized carbons (Fsp3) is 0.294. The zero-order valence-corrected chi connectivity index (χ0v) is 14.4. The normalized spacial score (nSPS) is 10.4. The van der Waals surface area contributed by atoms with E-state index in [0.29, 0.717) is 41.3 Å². The third kappa shape index (κ3) is 5.20. The Morgan fingerprint density at radius 2 is 1.70 bits per heavy atom. The SMILES string of the molecule is COc1cc(CCN)cc(Cl)c1OCCOc1ccc(Cl)cc1. The average molecular weight is 356 g/mol. The van der Waals surface area contributed by atoms with E-state index in [1.807, 2.05) is 12.1 Å². The lowest BCUT2D eigenvalue weighted by Gasteiger charge is -2.14. The first-order valence-corrected chi connectivity index (χ1v) is 7.97. The van der Waals surface area contributed by atoms with Crippen molar-refractivity contribution in [1.82, 2.24) is 0 Å². The van der Waals surface area contributed by atoms with Crippen LogP contribution in [-0.4, -0.2) is 26.9 Å². The van der Waals surface area contributed by atoms with Gasteiger partial charge in [-0.2, -0.15) is 0 Å². The predicted molar refractivity (Wildman–Crippen MR) is 93.2 cm³/mol. The molecule has 0 atom stereocenters. The van der Waals surface area contributed by atoms with Crippen LogP contribution < -0.4 is 19.9 Å². The molecule has 2 rings (SSSR count). The van der Waals surface area contributed by atoms with E-state index >= 15 is 0 Å². The van der Waals surface area contributed by atoms with Crippen molar-refractivity contribution in [3.63, 3.8) is 0 Å². The average Bonchev–Trinajstić information content (AvgIpc) is 2.54. The molecule has 124 valence electrons. The zero-order valence-electron chi connectivity index (χ0n) is 12.9. The second-order valence-corrected chi connectivity index (χ2v) is 5.64. The van der Waals surface area contributed by atoms with Gasteiger partial charge in [0.1, 0.15) is 19.0 Å². The molecule has 23 heavy (non-hydrogen) atoms. The van der Waals surface area contributed by atoms with Crippen molar-refractivity contribution < 1.29 is 14.2 Å². The molecule has 0 aliphatic carbocycles. The first-order chi connectivity index (χ1) is 11.1. The Kier molecular flexibility index (Phi) is 6.84. The van der Waals surface area contributed by atoms with Gasteiger partial charge in [0.2, 0.25) is 0 Å². The van der Waals surface area contributed by atoms with Gasteiger partial charge in [0, 0.05) is 5.02 Å². The number of nitrogens with two attached hydrogens (primary N) is 1.